The third-order valence-corrected chi connectivity index (χ3v) is 3.44. The van der Waals surface area contributed by atoms with Gasteiger partial charge in [0.25, 0.3) is 0 Å². The van der Waals surface area contributed by atoms with Crippen molar-refractivity contribution in [2.45, 2.75) is 26.3 Å². The van der Waals surface area contributed by atoms with Gasteiger partial charge in [-0.15, -0.1) is 0 Å². The first-order valence-electron chi connectivity index (χ1n) is 5.99. The van der Waals surface area contributed by atoms with Crippen LogP contribution in [-0.4, -0.2) is 12.8 Å². The molecule has 2 nitrogen and oxygen atoms in total. The van der Waals surface area contributed by atoms with Crippen molar-refractivity contribution in [2.24, 2.45) is 11.8 Å². The molecule has 3 atom stereocenters. The predicted molar refractivity (Wildman–Crippen MR) is 65.5 cm³/mol. The van der Waals surface area contributed by atoms with Gasteiger partial charge in [-0.3, -0.25) is 4.79 Å². The zero-order valence-corrected chi connectivity index (χ0v) is 9.94. The molecule has 1 aromatic carbocycles. The van der Waals surface area contributed by atoms with Gasteiger partial charge in [0.05, 0.1) is 0 Å². The molecule has 2 rings (SSSR count). The van der Waals surface area contributed by atoms with Crippen LogP contribution in [0.2, 0.25) is 0 Å². The van der Waals surface area contributed by atoms with Crippen molar-refractivity contribution < 1.29 is 4.79 Å². The van der Waals surface area contributed by atoms with Gasteiger partial charge in [0.2, 0.25) is 0 Å². The minimum absolute atomic E-state index is 0.399. The molecule has 2 heteroatoms. The predicted octanol–water partition coefficient (Wildman–Crippen LogP) is 2.81. The standard InChI is InChI=1S/C14H19NO/c1-10-6-11(2)14(15-8-10)13-5-3-4-12(7-13)9-16/h3-5,7,9-11,14-15H,6,8H2,1-2H3. The van der Waals surface area contributed by atoms with Gasteiger partial charge in [-0.2, -0.15) is 0 Å². The van der Waals surface area contributed by atoms with Gasteiger partial charge in [0, 0.05) is 11.6 Å². The average molecular weight is 217 g/mol. The molecular formula is C14H19NO. The van der Waals surface area contributed by atoms with Crippen LogP contribution in [0.3, 0.4) is 0 Å². The minimum atomic E-state index is 0.399. The van der Waals surface area contributed by atoms with E-state index in [9.17, 15) is 4.79 Å². The Morgan fingerprint density at radius 2 is 2.19 bits per heavy atom. The third kappa shape index (κ3) is 2.33. The molecule has 0 aromatic heterocycles. The number of piperidine rings is 1. The number of rotatable bonds is 2. The highest BCUT2D eigenvalue weighted by atomic mass is 16.1. The summed E-state index contributed by atoms with van der Waals surface area (Å²) < 4.78 is 0. The van der Waals surface area contributed by atoms with E-state index in [1.807, 2.05) is 18.2 Å². The Hall–Kier alpha value is -1.15. The summed E-state index contributed by atoms with van der Waals surface area (Å²) in [5.41, 5.74) is 2.01. The van der Waals surface area contributed by atoms with E-state index < -0.39 is 0 Å². The van der Waals surface area contributed by atoms with Crippen LogP contribution in [0.5, 0.6) is 0 Å². The SMILES string of the molecule is CC1CNC(c2cccc(C=O)c2)C(C)C1. The smallest absolute Gasteiger partial charge is 0.150 e. The molecule has 1 saturated heterocycles. The zero-order chi connectivity index (χ0) is 11.5. The summed E-state index contributed by atoms with van der Waals surface area (Å²) in [5, 5.41) is 3.57. The normalized spacial score (nSPS) is 30.0. The van der Waals surface area contributed by atoms with Crippen LogP contribution in [0.1, 0.15) is 42.2 Å². The Kier molecular flexibility index (Phi) is 3.39. The fraction of sp³-hybridized carbons (Fsp3) is 0.500. The Morgan fingerprint density at radius 1 is 1.38 bits per heavy atom. The summed E-state index contributed by atoms with van der Waals surface area (Å²) in [6.07, 6.45) is 2.17. The summed E-state index contributed by atoms with van der Waals surface area (Å²) in [6.45, 7) is 5.63. The highest BCUT2D eigenvalue weighted by molar-refractivity contribution is 5.75. The molecule has 0 amide bonds. The van der Waals surface area contributed by atoms with Crippen molar-refractivity contribution >= 4 is 6.29 Å². The van der Waals surface area contributed by atoms with E-state index in [1.165, 1.54) is 12.0 Å². The number of hydrogen-bond acceptors (Lipinski definition) is 2. The van der Waals surface area contributed by atoms with Crippen molar-refractivity contribution in [1.82, 2.24) is 5.32 Å². The highest BCUT2D eigenvalue weighted by Gasteiger charge is 2.25. The van der Waals surface area contributed by atoms with Crippen molar-refractivity contribution in [3.63, 3.8) is 0 Å². The van der Waals surface area contributed by atoms with Crippen LogP contribution >= 0.6 is 0 Å². The van der Waals surface area contributed by atoms with Crippen molar-refractivity contribution in [3.05, 3.63) is 35.4 Å². The number of carbonyl (C=O) groups is 1. The molecule has 1 aliphatic heterocycles. The van der Waals surface area contributed by atoms with Gasteiger partial charge in [0.1, 0.15) is 6.29 Å². The molecule has 0 bridgehead atoms. The maximum absolute atomic E-state index is 10.8. The lowest BCUT2D eigenvalue weighted by Crippen LogP contribution is -2.37. The molecule has 1 fully saturated rings. The first-order valence-corrected chi connectivity index (χ1v) is 5.99. The molecular weight excluding hydrogens is 198 g/mol. The van der Waals surface area contributed by atoms with E-state index >= 15 is 0 Å². The fourth-order valence-electron chi connectivity index (χ4n) is 2.66. The summed E-state index contributed by atoms with van der Waals surface area (Å²) in [7, 11) is 0. The molecule has 0 spiro atoms. The van der Waals surface area contributed by atoms with E-state index in [4.69, 9.17) is 0 Å². The third-order valence-electron chi connectivity index (χ3n) is 3.44. The molecule has 3 unspecified atom stereocenters. The molecule has 1 heterocycles. The molecule has 1 N–H and O–H groups in total. The van der Waals surface area contributed by atoms with Gasteiger partial charge < -0.3 is 5.32 Å². The van der Waals surface area contributed by atoms with Crippen LogP contribution in [0.25, 0.3) is 0 Å². The van der Waals surface area contributed by atoms with Crippen LogP contribution in [0.4, 0.5) is 0 Å². The van der Waals surface area contributed by atoms with Gasteiger partial charge in [-0.25, -0.2) is 0 Å². The topological polar surface area (TPSA) is 29.1 Å². The number of nitrogens with one attached hydrogen (secondary N) is 1. The van der Waals surface area contributed by atoms with E-state index in [2.05, 4.69) is 25.2 Å². The van der Waals surface area contributed by atoms with E-state index in [-0.39, 0.29) is 0 Å². The first-order chi connectivity index (χ1) is 7.70. The number of hydrogen-bond donors (Lipinski definition) is 1. The van der Waals surface area contributed by atoms with Gasteiger partial charge >= 0.3 is 0 Å². The zero-order valence-electron chi connectivity index (χ0n) is 9.94. The van der Waals surface area contributed by atoms with Crippen molar-refractivity contribution in [2.75, 3.05) is 6.54 Å². The highest BCUT2D eigenvalue weighted by Crippen LogP contribution is 2.31. The molecule has 0 aliphatic carbocycles. The quantitative estimate of drug-likeness (QED) is 0.772. The van der Waals surface area contributed by atoms with Crippen LogP contribution in [0.15, 0.2) is 24.3 Å². The Balaban J connectivity index is 2.19. The lowest BCUT2D eigenvalue weighted by atomic mass is 9.83. The Morgan fingerprint density at radius 3 is 2.88 bits per heavy atom. The van der Waals surface area contributed by atoms with Crippen LogP contribution in [0, 0.1) is 11.8 Å². The average Bonchev–Trinajstić information content (AvgIpc) is 2.29. The largest absolute Gasteiger partial charge is 0.309 e. The lowest BCUT2D eigenvalue weighted by Gasteiger charge is -2.34. The number of benzene rings is 1. The Labute approximate surface area is 97.1 Å². The second-order valence-electron chi connectivity index (χ2n) is 4.99. The summed E-state index contributed by atoms with van der Waals surface area (Å²) in [4.78, 5) is 10.8. The van der Waals surface area contributed by atoms with E-state index in [1.54, 1.807) is 0 Å². The van der Waals surface area contributed by atoms with Crippen LogP contribution < -0.4 is 5.32 Å². The molecule has 16 heavy (non-hydrogen) atoms. The lowest BCUT2D eigenvalue weighted by molar-refractivity contribution is 0.112. The number of aldehydes is 1. The monoisotopic (exact) mass is 217 g/mol. The summed E-state index contributed by atoms with van der Waals surface area (Å²) >= 11 is 0. The van der Waals surface area contributed by atoms with Crippen LogP contribution in [-0.2, 0) is 0 Å². The minimum Gasteiger partial charge on any atom is -0.309 e. The maximum atomic E-state index is 10.8. The molecule has 1 aromatic rings. The Bertz CT molecular complexity index is 375. The second-order valence-corrected chi connectivity index (χ2v) is 4.99. The number of carbonyl (C=O) groups excluding carboxylic acids is 1. The van der Waals surface area contributed by atoms with Gasteiger partial charge in [-0.1, -0.05) is 32.0 Å². The van der Waals surface area contributed by atoms with Crippen molar-refractivity contribution in [3.8, 4) is 0 Å². The molecule has 1 aliphatic rings. The molecule has 0 saturated carbocycles. The first kappa shape index (κ1) is 11.3. The van der Waals surface area contributed by atoms with Gasteiger partial charge in [-0.05, 0) is 36.4 Å². The van der Waals surface area contributed by atoms with E-state index in [0.717, 1.165) is 24.3 Å². The molecule has 0 radical (unpaired) electrons. The summed E-state index contributed by atoms with van der Waals surface area (Å²) in [5.74, 6) is 1.38. The fourth-order valence-corrected chi connectivity index (χ4v) is 2.66. The van der Waals surface area contributed by atoms with Gasteiger partial charge in [0.15, 0.2) is 0 Å². The molecule has 86 valence electrons. The maximum Gasteiger partial charge on any atom is 0.150 e. The second kappa shape index (κ2) is 4.79. The van der Waals surface area contributed by atoms with E-state index in [0.29, 0.717) is 12.0 Å². The van der Waals surface area contributed by atoms with Crippen molar-refractivity contribution in [1.29, 1.82) is 0 Å². The summed E-state index contributed by atoms with van der Waals surface area (Å²) in [6, 6.07) is 8.32.